The van der Waals surface area contributed by atoms with Gasteiger partial charge in [0.1, 0.15) is 5.00 Å². The lowest BCUT2D eigenvalue weighted by Crippen LogP contribution is -2.17. The number of fused-ring (bicyclic) bond motifs is 1. The molecule has 0 atom stereocenters. The van der Waals surface area contributed by atoms with Crippen LogP contribution < -0.4 is 5.32 Å². The lowest BCUT2D eigenvalue weighted by molar-refractivity contribution is -0.113. The van der Waals surface area contributed by atoms with Crippen LogP contribution in [0.15, 0.2) is 16.6 Å². The molecule has 0 saturated heterocycles. The molecule has 4 rings (SSSR count). The van der Waals surface area contributed by atoms with E-state index in [0.29, 0.717) is 15.7 Å². The normalized spacial score (nSPS) is 12.9. The van der Waals surface area contributed by atoms with Gasteiger partial charge in [0.2, 0.25) is 5.91 Å². The van der Waals surface area contributed by atoms with Crippen molar-refractivity contribution in [2.45, 2.75) is 64.1 Å². The highest BCUT2D eigenvalue weighted by atomic mass is 32.2. The van der Waals surface area contributed by atoms with Gasteiger partial charge in [0.15, 0.2) is 11.0 Å². The summed E-state index contributed by atoms with van der Waals surface area (Å²) in [5, 5.41) is 15.2. The summed E-state index contributed by atoms with van der Waals surface area (Å²) < 4.78 is 7.04. The van der Waals surface area contributed by atoms with Gasteiger partial charge < -0.3 is 10.1 Å². The quantitative estimate of drug-likeness (QED) is 0.301. The number of hydrogen-bond acceptors (Lipinski definition) is 8. The fraction of sp³-hybridized carbons (Fsp3) is 0.478. The van der Waals surface area contributed by atoms with Crippen molar-refractivity contribution in [3.05, 3.63) is 32.3 Å². The Kier molecular flexibility index (Phi) is 7.55. The molecule has 1 aliphatic carbocycles. The molecule has 1 amide bonds. The third kappa shape index (κ3) is 5.02. The number of carbonyl (C=O) groups is 2. The second-order valence-electron chi connectivity index (χ2n) is 8.21. The van der Waals surface area contributed by atoms with E-state index in [2.05, 4.69) is 52.3 Å². The lowest BCUT2D eigenvalue weighted by Gasteiger charge is -2.13. The fourth-order valence-electron chi connectivity index (χ4n) is 4.02. The number of aryl methyl sites for hydroxylation is 2. The van der Waals surface area contributed by atoms with Crippen LogP contribution in [0.3, 0.4) is 0 Å². The van der Waals surface area contributed by atoms with Crippen molar-refractivity contribution in [1.29, 1.82) is 0 Å². The van der Waals surface area contributed by atoms with Gasteiger partial charge >= 0.3 is 5.97 Å². The predicted molar refractivity (Wildman–Crippen MR) is 135 cm³/mol. The first-order valence-corrected chi connectivity index (χ1v) is 13.8. The number of amides is 1. The van der Waals surface area contributed by atoms with Crippen LogP contribution in [0, 0.1) is 0 Å². The van der Waals surface area contributed by atoms with E-state index in [1.54, 1.807) is 11.3 Å². The standard InChI is InChI=1S/C23H28N4O3S3/c1-5-7-15-10-14(11-31-15)20-25-26-23(27(20)13(2)3)32-12-18(28)24-21-19(22(29)30-4)16-8-6-9-17(16)33-21/h10-11,13H,5-9,12H2,1-4H3,(H,24,28). The molecule has 3 heterocycles. The summed E-state index contributed by atoms with van der Waals surface area (Å²) in [6, 6.07) is 2.34. The molecule has 176 valence electrons. The van der Waals surface area contributed by atoms with Crippen LogP contribution in [-0.2, 0) is 28.8 Å². The van der Waals surface area contributed by atoms with Gasteiger partial charge in [-0.05, 0) is 51.2 Å². The lowest BCUT2D eigenvalue weighted by atomic mass is 10.1. The van der Waals surface area contributed by atoms with Gasteiger partial charge in [-0.15, -0.1) is 32.9 Å². The molecule has 10 heteroatoms. The molecule has 0 saturated carbocycles. The van der Waals surface area contributed by atoms with Crippen LogP contribution in [0.2, 0.25) is 0 Å². The Morgan fingerprint density at radius 1 is 1.30 bits per heavy atom. The van der Waals surface area contributed by atoms with Crippen LogP contribution in [0.5, 0.6) is 0 Å². The molecule has 0 radical (unpaired) electrons. The minimum absolute atomic E-state index is 0.154. The molecule has 1 N–H and O–H groups in total. The van der Waals surface area contributed by atoms with E-state index in [0.717, 1.165) is 49.1 Å². The molecule has 0 unspecified atom stereocenters. The summed E-state index contributed by atoms with van der Waals surface area (Å²) in [6.07, 6.45) is 4.99. The molecular weight excluding hydrogens is 476 g/mol. The van der Waals surface area contributed by atoms with Crippen LogP contribution in [-0.4, -0.2) is 39.5 Å². The number of nitrogens with zero attached hydrogens (tertiary/aromatic N) is 3. The number of anilines is 1. The van der Waals surface area contributed by atoms with Crippen molar-refractivity contribution < 1.29 is 14.3 Å². The number of thiophene rings is 2. The first-order valence-electron chi connectivity index (χ1n) is 11.1. The Morgan fingerprint density at radius 3 is 2.85 bits per heavy atom. The van der Waals surface area contributed by atoms with E-state index in [4.69, 9.17) is 4.74 Å². The molecule has 1 aliphatic rings. The van der Waals surface area contributed by atoms with Crippen LogP contribution in [0.1, 0.15) is 65.3 Å². The summed E-state index contributed by atoms with van der Waals surface area (Å²) in [5.74, 6) is 0.443. The maximum atomic E-state index is 12.8. The van der Waals surface area contributed by atoms with Gasteiger partial charge in [-0.3, -0.25) is 9.36 Å². The summed E-state index contributed by atoms with van der Waals surface area (Å²) in [4.78, 5) is 27.6. The Bertz CT molecular complexity index is 1160. The number of hydrogen-bond donors (Lipinski definition) is 1. The van der Waals surface area contributed by atoms with E-state index < -0.39 is 0 Å². The van der Waals surface area contributed by atoms with Gasteiger partial charge in [-0.1, -0.05) is 25.1 Å². The molecule has 3 aromatic rings. The van der Waals surface area contributed by atoms with Crippen LogP contribution >= 0.6 is 34.4 Å². The highest BCUT2D eigenvalue weighted by molar-refractivity contribution is 7.99. The highest BCUT2D eigenvalue weighted by Crippen LogP contribution is 2.39. The minimum Gasteiger partial charge on any atom is -0.465 e. The third-order valence-electron chi connectivity index (χ3n) is 5.49. The highest BCUT2D eigenvalue weighted by Gasteiger charge is 2.28. The number of thioether (sulfide) groups is 1. The van der Waals surface area contributed by atoms with E-state index >= 15 is 0 Å². The molecule has 33 heavy (non-hydrogen) atoms. The van der Waals surface area contributed by atoms with Gasteiger partial charge in [0.25, 0.3) is 0 Å². The van der Waals surface area contributed by atoms with Crippen LogP contribution in [0.4, 0.5) is 5.00 Å². The van der Waals surface area contributed by atoms with Crippen molar-refractivity contribution in [3.63, 3.8) is 0 Å². The fourth-order valence-corrected chi connectivity index (χ4v) is 7.15. The van der Waals surface area contributed by atoms with Gasteiger partial charge in [0.05, 0.1) is 18.4 Å². The molecule has 7 nitrogen and oxygen atoms in total. The zero-order valence-electron chi connectivity index (χ0n) is 19.3. The number of aromatic nitrogens is 3. The zero-order valence-corrected chi connectivity index (χ0v) is 21.7. The molecule has 0 aliphatic heterocycles. The summed E-state index contributed by atoms with van der Waals surface area (Å²) in [7, 11) is 1.37. The summed E-state index contributed by atoms with van der Waals surface area (Å²) in [6.45, 7) is 6.35. The Balaban J connectivity index is 1.48. The molecule has 0 bridgehead atoms. The molecular formula is C23H28N4O3S3. The average Bonchev–Trinajstić information content (AvgIpc) is 3.55. The number of methoxy groups -OCH3 is 1. The molecule has 0 aromatic carbocycles. The SMILES string of the molecule is CCCc1cc(-c2nnc(SCC(=O)Nc3sc4c(c3C(=O)OC)CCC4)n2C(C)C)cs1. The Hall–Kier alpha value is -2.17. The van der Waals surface area contributed by atoms with Crippen LogP contribution in [0.25, 0.3) is 11.4 Å². The molecule has 0 fully saturated rings. The minimum atomic E-state index is -0.389. The largest absolute Gasteiger partial charge is 0.465 e. The van der Waals surface area contributed by atoms with E-state index in [9.17, 15) is 9.59 Å². The maximum Gasteiger partial charge on any atom is 0.341 e. The van der Waals surface area contributed by atoms with Gasteiger partial charge in [-0.25, -0.2) is 4.79 Å². The van der Waals surface area contributed by atoms with E-state index in [1.807, 2.05) is 0 Å². The first kappa shape index (κ1) is 24.0. The maximum absolute atomic E-state index is 12.8. The smallest absolute Gasteiger partial charge is 0.341 e. The van der Waals surface area contributed by atoms with Crippen molar-refractivity contribution in [1.82, 2.24) is 14.8 Å². The second kappa shape index (κ2) is 10.4. The Labute approximate surface area is 206 Å². The second-order valence-corrected chi connectivity index (χ2v) is 11.3. The van der Waals surface area contributed by atoms with Crippen molar-refractivity contribution >= 4 is 51.3 Å². The number of carbonyl (C=O) groups excluding carboxylic acids is 2. The van der Waals surface area contributed by atoms with Crippen molar-refractivity contribution in [3.8, 4) is 11.4 Å². The summed E-state index contributed by atoms with van der Waals surface area (Å²) >= 11 is 4.58. The van der Waals surface area contributed by atoms with Gasteiger partial charge in [0, 0.05) is 26.7 Å². The first-order chi connectivity index (χ1) is 15.9. The van der Waals surface area contributed by atoms with E-state index in [-0.39, 0.29) is 23.7 Å². The topological polar surface area (TPSA) is 86.1 Å². The Morgan fingerprint density at radius 2 is 2.12 bits per heavy atom. The third-order valence-corrected chi connectivity index (χ3v) is 8.63. The zero-order chi connectivity index (χ0) is 23.5. The number of ether oxygens (including phenoxy) is 1. The number of nitrogens with one attached hydrogen (secondary N) is 1. The van der Waals surface area contributed by atoms with Gasteiger partial charge in [-0.2, -0.15) is 0 Å². The van der Waals surface area contributed by atoms with Crippen molar-refractivity contribution in [2.75, 3.05) is 18.2 Å². The molecule has 3 aromatic heterocycles. The monoisotopic (exact) mass is 504 g/mol. The molecule has 0 spiro atoms. The van der Waals surface area contributed by atoms with Crippen molar-refractivity contribution in [2.24, 2.45) is 0 Å². The summed E-state index contributed by atoms with van der Waals surface area (Å²) in [5.41, 5.74) is 2.61. The number of rotatable bonds is 9. The van der Waals surface area contributed by atoms with E-state index in [1.165, 1.54) is 40.0 Å². The predicted octanol–water partition coefficient (Wildman–Crippen LogP) is 5.61. The number of esters is 1. The average molecular weight is 505 g/mol.